The maximum atomic E-state index is 6.07. The summed E-state index contributed by atoms with van der Waals surface area (Å²) in [5, 5.41) is 6.13. The van der Waals surface area contributed by atoms with Crippen molar-refractivity contribution < 1.29 is 9.26 Å². The van der Waals surface area contributed by atoms with Gasteiger partial charge in [-0.15, -0.1) is 0 Å². The predicted octanol–water partition coefficient (Wildman–Crippen LogP) is 7.62. The van der Waals surface area contributed by atoms with E-state index in [1.807, 2.05) is 12.2 Å². The van der Waals surface area contributed by atoms with Crippen molar-refractivity contribution in [2.24, 2.45) is 0 Å². The van der Waals surface area contributed by atoms with E-state index in [-0.39, 0.29) is 11.1 Å². The molecule has 2 aliphatic rings. The number of hydrazine groups is 1. The van der Waals surface area contributed by atoms with Gasteiger partial charge in [0.05, 0.1) is 5.69 Å². The van der Waals surface area contributed by atoms with E-state index >= 15 is 0 Å². The molecule has 2 aliphatic heterocycles. The van der Waals surface area contributed by atoms with Gasteiger partial charge in [-0.25, -0.2) is 5.43 Å². The Morgan fingerprint density at radius 1 is 1.00 bits per heavy atom. The van der Waals surface area contributed by atoms with Crippen LogP contribution in [0.1, 0.15) is 66.2 Å². The third-order valence-electron chi connectivity index (χ3n) is 7.38. The zero-order valence-corrected chi connectivity index (χ0v) is 22.8. The monoisotopic (exact) mass is 536 g/mol. The number of H-pyrrole nitrogens is 1. The van der Waals surface area contributed by atoms with Crippen LogP contribution in [0.25, 0.3) is 23.3 Å². The second-order valence-electron chi connectivity index (χ2n) is 9.88. The number of nitrogens with zero attached hydrogens (tertiary/aromatic N) is 2. The van der Waals surface area contributed by atoms with Gasteiger partial charge in [0.2, 0.25) is 0 Å². The largest absolute Gasteiger partial charge is 0.357 e. The summed E-state index contributed by atoms with van der Waals surface area (Å²) in [7, 11) is 0. The van der Waals surface area contributed by atoms with Crippen LogP contribution in [0.4, 0.5) is 5.69 Å². The number of anilines is 1. The van der Waals surface area contributed by atoms with Gasteiger partial charge in [-0.1, -0.05) is 78.8 Å². The van der Waals surface area contributed by atoms with E-state index in [0.717, 1.165) is 38.0 Å². The first kappa shape index (κ1) is 25.5. The van der Waals surface area contributed by atoms with Gasteiger partial charge in [-0.05, 0) is 95.1 Å². The lowest BCUT2D eigenvalue weighted by Crippen LogP contribution is -2.44. The molecule has 0 saturated carbocycles. The molecule has 0 amide bonds. The number of aromatic amines is 1. The maximum absolute atomic E-state index is 6.07. The first-order valence-electron chi connectivity index (χ1n) is 13.6. The summed E-state index contributed by atoms with van der Waals surface area (Å²) in [6, 6.07) is 26.2. The van der Waals surface area contributed by atoms with Crippen molar-refractivity contribution in [2.75, 3.05) is 11.6 Å². The van der Waals surface area contributed by atoms with Crippen LogP contribution in [0.15, 0.2) is 77.3 Å². The molecule has 39 heavy (non-hydrogen) atoms. The third-order valence-corrected chi connectivity index (χ3v) is 7.56. The summed E-state index contributed by atoms with van der Waals surface area (Å²) in [6.45, 7) is 3.87. The minimum absolute atomic E-state index is 0.101. The summed E-state index contributed by atoms with van der Waals surface area (Å²) < 4.78 is 11.0. The quantitative estimate of drug-likeness (QED) is 0.187. The molecule has 6 nitrogen and oxygen atoms in total. The van der Waals surface area contributed by atoms with Gasteiger partial charge in [0.1, 0.15) is 6.23 Å². The fourth-order valence-corrected chi connectivity index (χ4v) is 5.63. The average Bonchev–Trinajstić information content (AvgIpc) is 3.61. The Morgan fingerprint density at radius 3 is 2.54 bits per heavy atom. The van der Waals surface area contributed by atoms with Crippen LogP contribution in [-0.4, -0.2) is 23.0 Å². The molecule has 0 aliphatic carbocycles. The highest BCUT2D eigenvalue weighted by Gasteiger charge is 2.28. The second-order valence-corrected chi connectivity index (χ2v) is 10.2. The van der Waals surface area contributed by atoms with Crippen LogP contribution in [0.2, 0.25) is 0 Å². The molecule has 0 bridgehead atoms. The van der Waals surface area contributed by atoms with Gasteiger partial charge in [-0.3, -0.25) is 9.99 Å². The van der Waals surface area contributed by atoms with Crippen LogP contribution in [0, 0.1) is 4.84 Å². The Labute approximate surface area is 234 Å². The molecule has 1 aromatic heterocycles. The van der Waals surface area contributed by atoms with Crippen molar-refractivity contribution in [1.29, 1.82) is 0 Å². The number of benzene rings is 3. The molecule has 1 atom stereocenters. The molecule has 6 rings (SSSR count). The Bertz CT molecular complexity index is 1550. The van der Waals surface area contributed by atoms with Gasteiger partial charge in [-0.2, -0.15) is 0 Å². The van der Waals surface area contributed by atoms with Crippen molar-refractivity contribution in [2.45, 2.75) is 45.4 Å². The molecule has 0 spiro atoms. The Morgan fingerprint density at radius 2 is 1.82 bits per heavy atom. The van der Waals surface area contributed by atoms with Crippen LogP contribution < -0.4 is 10.4 Å². The van der Waals surface area contributed by atoms with E-state index < -0.39 is 0 Å². The first-order valence-corrected chi connectivity index (χ1v) is 14.0. The molecular weight excluding hydrogens is 504 g/mol. The van der Waals surface area contributed by atoms with E-state index in [1.165, 1.54) is 45.5 Å². The predicted molar refractivity (Wildman–Crippen MR) is 159 cm³/mol. The lowest BCUT2D eigenvalue weighted by atomic mass is 9.87. The number of ether oxygens (including phenoxy) is 1. The standard InChI is InChI=1S/C32H32N4O2S/c1-2-27(23-8-4-3-5-9-23)31(24-14-11-22(12-15-24)13-18-29-34-32(39)38-35-29)25-16-17-28-26(20-25)21-33-36(28)30-10-6-7-19-37-30/h3-5,8-9,11-18,20,30,33H,2,6-7,10,19,21H2,1H3,(H,34,35,39)/b18-13+,31-27+. The van der Waals surface area contributed by atoms with Crippen LogP contribution in [-0.2, 0) is 11.3 Å². The second kappa shape index (κ2) is 11.5. The Balaban J connectivity index is 1.38. The summed E-state index contributed by atoms with van der Waals surface area (Å²) in [5.74, 6) is 0.599. The molecule has 2 N–H and O–H groups in total. The van der Waals surface area contributed by atoms with Crippen LogP contribution >= 0.6 is 12.2 Å². The van der Waals surface area contributed by atoms with Crippen LogP contribution in [0.3, 0.4) is 0 Å². The number of nitrogens with one attached hydrogen (secondary N) is 2. The highest BCUT2D eigenvalue weighted by Crippen LogP contribution is 2.38. The minimum Gasteiger partial charge on any atom is -0.357 e. The highest BCUT2D eigenvalue weighted by atomic mass is 32.1. The summed E-state index contributed by atoms with van der Waals surface area (Å²) in [5.41, 5.74) is 13.4. The number of aromatic nitrogens is 2. The number of hydrogen-bond donors (Lipinski definition) is 2. The molecule has 3 heterocycles. The van der Waals surface area contributed by atoms with Crippen molar-refractivity contribution in [3.8, 4) is 0 Å². The Hall–Kier alpha value is -3.78. The van der Waals surface area contributed by atoms with Gasteiger partial charge < -0.3 is 9.26 Å². The third kappa shape index (κ3) is 5.52. The number of fused-ring (bicyclic) bond motifs is 1. The SMILES string of the molecule is CC/C(=C(/c1ccc(/C=C/c2noc(=S)[nH]2)cc1)c1ccc2c(c1)CNN2C1CCCCO1)c1ccccc1. The lowest BCUT2D eigenvalue weighted by Gasteiger charge is -2.32. The zero-order chi connectivity index (χ0) is 26.6. The van der Waals surface area contributed by atoms with Gasteiger partial charge in [0.15, 0.2) is 5.82 Å². The fraction of sp³-hybridized carbons (Fsp3) is 0.250. The van der Waals surface area contributed by atoms with Crippen molar-refractivity contribution in [3.05, 3.63) is 111 Å². The number of rotatable bonds is 7. The molecule has 1 unspecified atom stereocenters. The van der Waals surface area contributed by atoms with Gasteiger partial charge >= 0.3 is 0 Å². The molecule has 1 fully saturated rings. The van der Waals surface area contributed by atoms with Crippen molar-refractivity contribution in [3.63, 3.8) is 0 Å². The van der Waals surface area contributed by atoms with Gasteiger partial charge in [0, 0.05) is 13.2 Å². The first-order chi connectivity index (χ1) is 19.2. The van der Waals surface area contributed by atoms with E-state index in [1.54, 1.807) is 0 Å². The molecule has 1 saturated heterocycles. The molecular formula is C32H32N4O2S. The molecule has 0 radical (unpaired) electrons. The topological polar surface area (TPSA) is 66.3 Å². The molecule has 4 aromatic rings. The highest BCUT2D eigenvalue weighted by molar-refractivity contribution is 7.71. The summed E-state index contributed by atoms with van der Waals surface area (Å²) >= 11 is 4.97. The average molecular weight is 537 g/mol. The zero-order valence-electron chi connectivity index (χ0n) is 22.0. The maximum Gasteiger partial charge on any atom is 0.295 e. The smallest absolute Gasteiger partial charge is 0.295 e. The Kier molecular flexibility index (Phi) is 7.54. The summed E-state index contributed by atoms with van der Waals surface area (Å²) in [4.78, 5) is 3.18. The van der Waals surface area contributed by atoms with E-state index in [9.17, 15) is 0 Å². The van der Waals surface area contributed by atoms with Crippen molar-refractivity contribution >= 4 is 41.2 Å². The lowest BCUT2D eigenvalue weighted by molar-refractivity contribution is 0.00928. The van der Waals surface area contributed by atoms with E-state index in [2.05, 4.69) is 100 Å². The molecule has 3 aromatic carbocycles. The summed E-state index contributed by atoms with van der Waals surface area (Å²) in [6.07, 6.45) is 8.29. The number of allylic oxidation sites excluding steroid dienone is 1. The number of hydrogen-bond acceptors (Lipinski definition) is 6. The molecule has 7 heteroatoms. The normalized spacial score (nSPS) is 17.9. The minimum atomic E-state index is 0.101. The van der Waals surface area contributed by atoms with Crippen LogP contribution in [0.5, 0.6) is 0 Å². The van der Waals surface area contributed by atoms with Crippen molar-refractivity contribution in [1.82, 2.24) is 15.6 Å². The fourth-order valence-electron chi connectivity index (χ4n) is 5.49. The van der Waals surface area contributed by atoms with E-state index in [0.29, 0.717) is 5.82 Å². The van der Waals surface area contributed by atoms with E-state index in [4.69, 9.17) is 21.5 Å². The molecule has 198 valence electrons. The van der Waals surface area contributed by atoms with Gasteiger partial charge in [0.25, 0.3) is 4.84 Å².